The number of ether oxygens (including phenoxy) is 1. The van der Waals surface area contributed by atoms with Crippen molar-refractivity contribution in [2.45, 2.75) is 12.5 Å². The Morgan fingerprint density at radius 3 is 2.50 bits per heavy atom. The molecule has 0 aliphatic rings. The molecule has 0 heterocycles. The second-order valence-electron chi connectivity index (χ2n) is 4.45. The summed E-state index contributed by atoms with van der Waals surface area (Å²) >= 11 is 3.09. The second-order valence-corrected chi connectivity index (χ2v) is 5.31. The quantitative estimate of drug-likeness (QED) is 0.912. The van der Waals surface area contributed by atoms with E-state index in [0.29, 0.717) is 16.5 Å². The van der Waals surface area contributed by atoms with E-state index >= 15 is 0 Å². The molecule has 20 heavy (non-hydrogen) atoms. The molecule has 0 bridgehead atoms. The molecule has 0 radical (unpaired) electrons. The number of hydrogen-bond donors (Lipinski definition) is 1. The van der Waals surface area contributed by atoms with E-state index < -0.39 is 11.9 Å². The molecular formula is C15H14BrF2NO. The van der Waals surface area contributed by atoms with Crippen molar-refractivity contribution in [3.63, 3.8) is 0 Å². The Bertz CT molecular complexity index is 619. The fourth-order valence-electron chi connectivity index (χ4n) is 1.95. The molecular weight excluding hydrogens is 328 g/mol. The average molecular weight is 342 g/mol. The van der Waals surface area contributed by atoms with Gasteiger partial charge >= 0.3 is 0 Å². The highest BCUT2D eigenvalue weighted by Crippen LogP contribution is 2.24. The summed E-state index contributed by atoms with van der Waals surface area (Å²) in [5.41, 5.74) is 7.43. The van der Waals surface area contributed by atoms with E-state index in [1.54, 1.807) is 24.3 Å². The zero-order valence-corrected chi connectivity index (χ0v) is 12.5. The van der Waals surface area contributed by atoms with Gasteiger partial charge in [0.15, 0.2) is 11.6 Å². The largest absolute Gasteiger partial charge is 0.494 e. The van der Waals surface area contributed by atoms with Gasteiger partial charge in [-0.05, 0) is 57.7 Å². The lowest BCUT2D eigenvalue weighted by Crippen LogP contribution is -2.13. The molecule has 0 amide bonds. The number of rotatable bonds is 4. The van der Waals surface area contributed by atoms with Gasteiger partial charge in [0.1, 0.15) is 5.82 Å². The lowest BCUT2D eigenvalue weighted by molar-refractivity contribution is 0.386. The van der Waals surface area contributed by atoms with Crippen LogP contribution in [0.4, 0.5) is 8.78 Å². The third-order valence-electron chi connectivity index (χ3n) is 3.04. The first-order valence-electron chi connectivity index (χ1n) is 6.04. The van der Waals surface area contributed by atoms with E-state index in [1.165, 1.54) is 19.2 Å². The summed E-state index contributed by atoms with van der Waals surface area (Å²) in [5, 5.41) is 0. The minimum absolute atomic E-state index is 0.192. The van der Waals surface area contributed by atoms with Crippen molar-refractivity contribution in [1.82, 2.24) is 0 Å². The molecule has 2 N–H and O–H groups in total. The van der Waals surface area contributed by atoms with E-state index in [2.05, 4.69) is 15.9 Å². The highest BCUT2D eigenvalue weighted by atomic mass is 79.9. The Hall–Kier alpha value is -1.46. The first-order chi connectivity index (χ1) is 9.51. The fraction of sp³-hybridized carbons (Fsp3) is 0.200. The van der Waals surface area contributed by atoms with Crippen LogP contribution in [0.2, 0.25) is 0 Å². The second kappa shape index (κ2) is 6.33. The van der Waals surface area contributed by atoms with Crippen LogP contribution in [0.25, 0.3) is 0 Å². The molecule has 0 fully saturated rings. The van der Waals surface area contributed by atoms with Crippen molar-refractivity contribution in [3.05, 3.63) is 63.6 Å². The summed E-state index contributed by atoms with van der Waals surface area (Å²) in [5.74, 6) is -0.602. The van der Waals surface area contributed by atoms with Gasteiger partial charge in [-0.2, -0.15) is 0 Å². The monoisotopic (exact) mass is 341 g/mol. The molecule has 5 heteroatoms. The molecule has 0 saturated carbocycles. The van der Waals surface area contributed by atoms with Gasteiger partial charge in [-0.25, -0.2) is 8.78 Å². The van der Waals surface area contributed by atoms with Crippen molar-refractivity contribution in [1.29, 1.82) is 0 Å². The predicted molar refractivity (Wildman–Crippen MR) is 77.7 cm³/mol. The smallest absolute Gasteiger partial charge is 0.165 e. The lowest BCUT2D eigenvalue weighted by Gasteiger charge is -2.13. The average Bonchev–Trinajstić information content (AvgIpc) is 2.42. The summed E-state index contributed by atoms with van der Waals surface area (Å²) in [6.07, 6.45) is 0.419. The zero-order valence-electron chi connectivity index (χ0n) is 10.9. The Kier molecular flexibility index (Phi) is 4.73. The van der Waals surface area contributed by atoms with Crippen LogP contribution in [-0.2, 0) is 6.42 Å². The Balaban J connectivity index is 2.16. The topological polar surface area (TPSA) is 35.2 Å². The van der Waals surface area contributed by atoms with Gasteiger partial charge in [-0.1, -0.05) is 12.1 Å². The summed E-state index contributed by atoms with van der Waals surface area (Å²) in [4.78, 5) is 0. The summed E-state index contributed by atoms with van der Waals surface area (Å²) in [6.45, 7) is 0. The molecule has 1 unspecified atom stereocenters. The maximum atomic E-state index is 13.6. The molecule has 0 saturated heterocycles. The molecule has 1 atom stereocenters. The van der Waals surface area contributed by atoms with E-state index in [9.17, 15) is 8.78 Å². The first-order valence-corrected chi connectivity index (χ1v) is 6.83. The number of nitrogens with two attached hydrogens (primary N) is 1. The van der Waals surface area contributed by atoms with E-state index in [0.717, 1.165) is 5.56 Å². The van der Waals surface area contributed by atoms with Gasteiger partial charge < -0.3 is 10.5 Å². The van der Waals surface area contributed by atoms with E-state index in [1.807, 2.05) is 0 Å². The van der Waals surface area contributed by atoms with Crippen molar-refractivity contribution >= 4 is 15.9 Å². The van der Waals surface area contributed by atoms with Gasteiger partial charge in [-0.15, -0.1) is 0 Å². The summed E-state index contributed by atoms with van der Waals surface area (Å²) < 4.78 is 32.3. The molecule has 0 aliphatic heterocycles. The number of benzene rings is 2. The Morgan fingerprint density at radius 2 is 1.90 bits per heavy atom. The van der Waals surface area contributed by atoms with Gasteiger partial charge in [0.05, 0.1) is 11.6 Å². The van der Waals surface area contributed by atoms with Crippen LogP contribution in [0.1, 0.15) is 17.2 Å². The van der Waals surface area contributed by atoms with Crippen LogP contribution in [-0.4, -0.2) is 7.11 Å². The molecule has 2 nitrogen and oxygen atoms in total. The first kappa shape index (κ1) is 14.9. The van der Waals surface area contributed by atoms with Gasteiger partial charge in [-0.3, -0.25) is 0 Å². The standard InChI is InChI=1S/C15H14BrF2NO/c1-20-15-5-2-9(6-13(15)18)7-14(19)10-3-4-11(16)12(17)8-10/h2-6,8,14H,7,19H2,1H3. The summed E-state index contributed by atoms with van der Waals surface area (Å²) in [7, 11) is 1.41. The maximum absolute atomic E-state index is 13.6. The molecule has 106 valence electrons. The minimum Gasteiger partial charge on any atom is -0.494 e. The van der Waals surface area contributed by atoms with Gasteiger partial charge in [0.25, 0.3) is 0 Å². The third-order valence-corrected chi connectivity index (χ3v) is 3.69. The number of halogens is 3. The Morgan fingerprint density at radius 1 is 1.15 bits per heavy atom. The van der Waals surface area contributed by atoms with Crippen molar-refractivity contribution in [2.24, 2.45) is 5.73 Å². The van der Waals surface area contributed by atoms with Crippen molar-refractivity contribution in [2.75, 3.05) is 7.11 Å². The van der Waals surface area contributed by atoms with E-state index in [4.69, 9.17) is 10.5 Å². The van der Waals surface area contributed by atoms with E-state index in [-0.39, 0.29) is 11.6 Å². The molecule has 0 aliphatic carbocycles. The molecule has 2 aromatic rings. The van der Waals surface area contributed by atoms with Crippen molar-refractivity contribution < 1.29 is 13.5 Å². The fourth-order valence-corrected chi connectivity index (χ4v) is 2.20. The molecule has 0 spiro atoms. The molecule has 2 rings (SSSR count). The highest BCUT2D eigenvalue weighted by molar-refractivity contribution is 9.10. The predicted octanol–water partition coefficient (Wildman–Crippen LogP) is 3.98. The van der Waals surface area contributed by atoms with Crippen LogP contribution in [0.5, 0.6) is 5.75 Å². The zero-order chi connectivity index (χ0) is 14.7. The normalized spacial score (nSPS) is 12.2. The van der Waals surface area contributed by atoms with Crippen LogP contribution >= 0.6 is 15.9 Å². The molecule has 2 aromatic carbocycles. The SMILES string of the molecule is COc1ccc(CC(N)c2ccc(Br)c(F)c2)cc1F. The van der Waals surface area contributed by atoms with Crippen LogP contribution in [0, 0.1) is 11.6 Å². The van der Waals surface area contributed by atoms with Gasteiger partial charge in [0.2, 0.25) is 0 Å². The summed E-state index contributed by atoms with van der Waals surface area (Å²) in [6, 6.07) is 9.03. The third kappa shape index (κ3) is 3.35. The number of methoxy groups -OCH3 is 1. The van der Waals surface area contributed by atoms with Crippen LogP contribution < -0.4 is 10.5 Å². The van der Waals surface area contributed by atoms with Crippen molar-refractivity contribution in [3.8, 4) is 5.75 Å². The van der Waals surface area contributed by atoms with Crippen LogP contribution in [0.3, 0.4) is 0 Å². The number of hydrogen-bond acceptors (Lipinski definition) is 2. The minimum atomic E-state index is -0.431. The molecule has 0 aromatic heterocycles. The van der Waals surface area contributed by atoms with Crippen LogP contribution in [0.15, 0.2) is 40.9 Å². The lowest BCUT2D eigenvalue weighted by atomic mass is 9.99. The highest BCUT2D eigenvalue weighted by Gasteiger charge is 2.11. The van der Waals surface area contributed by atoms with Gasteiger partial charge in [0, 0.05) is 6.04 Å². The Labute approximate surface area is 124 Å². The maximum Gasteiger partial charge on any atom is 0.165 e.